The Morgan fingerprint density at radius 1 is 0.951 bits per heavy atom. The molecular weight excluding hydrogens is 562 g/mol. The van der Waals surface area contributed by atoms with Crippen molar-refractivity contribution >= 4 is 49.9 Å². The molecule has 1 aliphatic heterocycles. The Morgan fingerprint density at radius 2 is 1.66 bits per heavy atom. The molecule has 2 amide bonds. The quantitative estimate of drug-likeness (QED) is 0.211. The number of thiazole rings is 1. The van der Waals surface area contributed by atoms with Gasteiger partial charge in [0, 0.05) is 22.5 Å². The molecule has 11 heteroatoms. The van der Waals surface area contributed by atoms with Gasteiger partial charge in [-0.05, 0) is 63.9 Å². The molecule has 9 nitrogen and oxygen atoms in total. The van der Waals surface area contributed by atoms with E-state index < -0.39 is 0 Å². The normalized spacial score (nSPS) is 12.6. The van der Waals surface area contributed by atoms with Crippen LogP contribution in [-0.4, -0.2) is 54.9 Å². The Bertz CT molecular complexity index is 1500. The van der Waals surface area contributed by atoms with Crippen LogP contribution in [0.2, 0.25) is 0 Å². The molecule has 41 heavy (non-hydrogen) atoms. The van der Waals surface area contributed by atoms with Crippen LogP contribution in [0.5, 0.6) is 17.2 Å². The lowest BCUT2D eigenvalue weighted by molar-refractivity contribution is 0.102. The molecule has 0 saturated heterocycles. The van der Waals surface area contributed by atoms with Gasteiger partial charge in [0.15, 0.2) is 11.5 Å². The van der Waals surface area contributed by atoms with Gasteiger partial charge in [0.05, 0.1) is 43.2 Å². The van der Waals surface area contributed by atoms with Crippen LogP contribution in [-0.2, 0) is 17.7 Å². The maximum Gasteiger partial charge on any atom is 0.410 e. The highest BCUT2D eigenvalue weighted by Crippen LogP contribution is 2.46. The van der Waals surface area contributed by atoms with Crippen molar-refractivity contribution in [3.63, 3.8) is 0 Å². The number of rotatable bonds is 10. The predicted octanol–water partition coefficient (Wildman–Crippen LogP) is 6.99. The van der Waals surface area contributed by atoms with Gasteiger partial charge in [0.2, 0.25) is 5.75 Å². The van der Waals surface area contributed by atoms with Crippen molar-refractivity contribution in [3.8, 4) is 27.8 Å². The maximum atomic E-state index is 13.8. The standard InChI is InChI=1S/C30H33N3O6S2/c1-5-36-21-15-18(16-22(37-6-2)26(21)38-7-3)27(34)32-29-25(28-31-20-11-9-10-12-23(20)40-28)19-13-14-33(17-24(19)41-29)30(35)39-8-4/h9-12,15-16H,5-8,13-14,17H2,1-4H3,(H,32,34). The molecule has 0 bridgehead atoms. The van der Waals surface area contributed by atoms with Gasteiger partial charge < -0.3 is 29.2 Å². The number of benzene rings is 2. The Morgan fingerprint density at radius 3 is 2.32 bits per heavy atom. The van der Waals surface area contributed by atoms with Crippen molar-refractivity contribution in [2.45, 2.75) is 40.7 Å². The maximum absolute atomic E-state index is 13.8. The average molecular weight is 596 g/mol. The molecule has 0 unspecified atom stereocenters. The molecule has 0 saturated carbocycles. The van der Waals surface area contributed by atoms with Crippen molar-refractivity contribution in [2.75, 3.05) is 38.3 Å². The van der Waals surface area contributed by atoms with E-state index in [1.54, 1.807) is 35.3 Å². The number of fused-ring (bicyclic) bond motifs is 2. The van der Waals surface area contributed by atoms with Gasteiger partial charge in [-0.25, -0.2) is 9.78 Å². The monoisotopic (exact) mass is 595 g/mol. The molecule has 0 fully saturated rings. The second-order valence-electron chi connectivity index (χ2n) is 9.12. The third-order valence-electron chi connectivity index (χ3n) is 6.49. The summed E-state index contributed by atoms with van der Waals surface area (Å²) >= 11 is 3.06. The van der Waals surface area contributed by atoms with E-state index in [1.165, 1.54) is 11.3 Å². The number of nitrogens with zero attached hydrogens (tertiary/aromatic N) is 2. The van der Waals surface area contributed by atoms with Crippen LogP contribution in [0.4, 0.5) is 9.80 Å². The molecule has 1 aliphatic rings. The van der Waals surface area contributed by atoms with Gasteiger partial charge >= 0.3 is 6.09 Å². The minimum absolute atomic E-state index is 0.307. The first-order chi connectivity index (χ1) is 20.0. The molecule has 2 aromatic carbocycles. The first-order valence-corrected chi connectivity index (χ1v) is 15.4. The fraction of sp³-hybridized carbons (Fsp3) is 0.367. The second kappa shape index (κ2) is 12.8. The lowest BCUT2D eigenvalue weighted by atomic mass is 10.0. The van der Waals surface area contributed by atoms with Crippen LogP contribution in [0.1, 0.15) is 48.5 Å². The number of amides is 2. The number of hydrogen-bond acceptors (Lipinski definition) is 9. The van der Waals surface area contributed by atoms with Crippen LogP contribution in [0.25, 0.3) is 20.8 Å². The fourth-order valence-corrected chi connectivity index (χ4v) is 7.13. The van der Waals surface area contributed by atoms with E-state index in [2.05, 4.69) is 5.32 Å². The number of nitrogens with one attached hydrogen (secondary N) is 1. The molecule has 0 atom stereocenters. The Hall–Kier alpha value is -3.83. The van der Waals surface area contributed by atoms with E-state index >= 15 is 0 Å². The largest absolute Gasteiger partial charge is 0.490 e. The summed E-state index contributed by atoms with van der Waals surface area (Å²) in [5, 5.41) is 4.67. The third kappa shape index (κ3) is 5.96. The number of carbonyl (C=O) groups is 2. The van der Waals surface area contributed by atoms with Gasteiger partial charge in [0.1, 0.15) is 10.0 Å². The summed E-state index contributed by atoms with van der Waals surface area (Å²) in [6.07, 6.45) is 0.303. The summed E-state index contributed by atoms with van der Waals surface area (Å²) in [5.41, 5.74) is 3.30. The lowest BCUT2D eigenvalue weighted by Gasteiger charge is -2.26. The Kier molecular flexibility index (Phi) is 8.94. The van der Waals surface area contributed by atoms with Crippen LogP contribution in [0, 0.1) is 0 Å². The van der Waals surface area contributed by atoms with Crippen molar-refractivity contribution < 1.29 is 28.5 Å². The van der Waals surface area contributed by atoms with E-state index in [0.29, 0.717) is 73.8 Å². The minimum atomic E-state index is -0.333. The zero-order chi connectivity index (χ0) is 28.9. The Balaban J connectivity index is 1.55. The molecule has 216 valence electrons. The summed E-state index contributed by atoms with van der Waals surface area (Å²) < 4.78 is 23.8. The topological polar surface area (TPSA) is 99.2 Å². The first kappa shape index (κ1) is 28.7. The van der Waals surface area contributed by atoms with Gasteiger partial charge in [-0.2, -0.15) is 0 Å². The highest BCUT2D eigenvalue weighted by molar-refractivity contribution is 7.23. The zero-order valence-corrected chi connectivity index (χ0v) is 25.2. The highest BCUT2D eigenvalue weighted by Gasteiger charge is 2.30. The van der Waals surface area contributed by atoms with Crippen molar-refractivity contribution in [3.05, 3.63) is 52.4 Å². The lowest BCUT2D eigenvalue weighted by Crippen LogP contribution is -2.35. The van der Waals surface area contributed by atoms with Gasteiger partial charge in [-0.3, -0.25) is 4.79 Å². The summed E-state index contributed by atoms with van der Waals surface area (Å²) in [7, 11) is 0. The number of aromatic nitrogens is 1. The van der Waals surface area contributed by atoms with Crippen LogP contribution in [0.15, 0.2) is 36.4 Å². The van der Waals surface area contributed by atoms with Crippen molar-refractivity contribution in [2.24, 2.45) is 0 Å². The molecule has 0 spiro atoms. The van der Waals surface area contributed by atoms with Crippen molar-refractivity contribution in [1.82, 2.24) is 9.88 Å². The number of thiophene rings is 1. The van der Waals surface area contributed by atoms with Crippen LogP contribution >= 0.6 is 22.7 Å². The van der Waals surface area contributed by atoms with E-state index in [4.69, 9.17) is 23.9 Å². The molecule has 3 heterocycles. The summed E-state index contributed by atoms with van der Waals surface area (Å²) in [5.74, 6) is 1.08. The van der Waals surface area contributed by atoms with Gasteiger partial charge in [0.25, 0.3) is 5.91 Å². The van der Waals surface area contributed by atoms with Crippen LogP contribution < -0.4 is 19.5 Å². The molecule has 1 N–H and O–H groups in total. The second-order valence-corrected chi connectivity index (χ2v) is 11.3. The number of ether oxygens (including phenoxy) is 4. The number of para-hydroxylation sites is 1. The van der Waals surface area contributed by atoms with Gasteiger partial charge in [-0.15, -0.1) is 22.7 Å². The molecule has 5 rings (SSSR count). The average Bonchev–Trinajstić information content (AvgIpc) is 3.55. The van der Waals surface area contributed by atoms with E-state index in [-0.39, 0.29) is 12.0 Å². The highest BCUT2D eigenvalue weighted by atomic mass is 32.1. The van der Waals surface area contributed by atoms with Crippen LogP contribution in [0.3, 0.4) is 0 Å². The Labute approximate surface area is 247 Å². The molecular formula is C30H33N3O6S2. The minimum Gasteiger partial charge on any atom is -0.490 e. The number of carbonyl (C=O) groups excluding carboxylic acids is 2. The predicted molar refractivity (Wildman–Crippen MR) is 162 cm³/mol. The van der Waals surface area contributed by atoms with E-state index in [9.17, 15) is 9.59 Å². The zero-order valence-electron chi connectivity index (χ0n) is 23.6. The molecule has 0 radical (unpaired) electrons. The third-order valence-corrected chi connectivity index (χ3v) is 8.68. The van der Waals surface area contributed by atoms with E-state index in [1.807, 2.05) is 45.0 Å². The summed E-state index contributed by atoms with van der Waals surface area (Å²) in [4.78, 5) is 33.9. The molecule has 0 aliphatic carbocycles. The number of hydrogen-bond donors (Lipinski definition) is 1. The smallest absolute Gasteiger partial charge is 0.410 e. The molecule has 2 aromatic heterocycles. The van der Waals surface area contributed by atoms with Crippen molar-refractivity contribution in [1.29, 1.82) is 0 Å². The first-order valence-electron chi connectivity index (χ1n) is 13.8. The molecule has 4 aromatic rings. The summed E-state index contributed by atoms with van der Waals surface area (Å²) in [6.45, 7) is 9.96. The summed E-state index contributed by atoms with van der Waals surface area (Å²) in [6, 6.07) is 11.3. The fourth-order valence-electron chi connectivity index (χ4n) is 4.76. The SMILES string of the molecule is CCOC(=O)N1CCc2c(sc(NC(=O)c3cc(OCC)c(OCC)c(OCC)c3)c2-c2nc3ccccc3s2)C1. The van der Waals surface area contributed by atoms with E-state index in [0.717, 1.165) is 31.2 Å². The number of anilines is 1. The van der Waals surface area contributed by atoms with Gasteiger partial charge in [-0.1, -0.05) is 12.1 Å².